The van der Waals surface area contributed by atoms with E-state index in [2.05, 4.69) is 4.90 Å². The summed E-state index contributed by atoms with van der Waals surface area (Å²) in [4.78, 5) is 17.4. The lowest BCUT2D eigenvalue weighted by molar-refractivity contribution is 0.0571. The molecule has 0 aliphatic carbocycles. The summed E-state index contributed by atoms with van der Waals surface area (Å²) >= 11 is 4.97. The SMILES string of the molecule is NC(=S)c1cccc(C(=O)N2CCN3CCCC3C2)c1. The molecule has 4 nitrogen and oxygen atoms in total. The average Bonchev–Trinajstić information content (AvgIpc) is 2.94. The highest BCUT2D eigenvalue weighted by Gasteiger charge is 2.32. The minimum absolute atomic E-state index is 0.0923. The van der Waals surface area contributed by atoms with Crippen LogP contribution in [0.5, 0.6) is 0 Å². The van der Waals surface area contributed by atoms with E-state index in [0.717, 1.165) is 25.2 Å². The lowest BCUT2D eigenvalue weighted by Gasteiger charge is -2.37. The summed E-state index contributed by atoms with van der Waals surface area (Å²) in [6, 6.07) is 7.87. The summed E-state index contributed by atoms with van der Waals surface area (Å²) in [6.07, 6.45) is 2.46. The van der Waals surface area contributed by atoms with Crippen molar-refractivity contribution in [2.75, 3.05) is 26.2 Å². The first-order chi connectivity index (χ1) is 9.65. The van der Waals surface area contributed by atoms with E-state index in [1.807, 2.05) is 23.1 Å². The predicted molar refractivity (Wildman–Crippen MR) is 82.8 cm³/mol. The van der Waals surface area contributed by atoms with E-state index in [-0.39, 0.29) is 5.91 Å². The molecule has 0 bridgehead atoms. The molecule has 5 heteroatoms. The molecule has 1 unspecified atom stereocenters. The number of carbonyl (C=O) groups excluding carboxylic acids is 1. The fraction of sp³-hybridized carbons (Fsp3) is 0.467. The molecule has 0 saturated carbocycles. The van der Waals surface area contributed by atoms with Crippen LogP contribution in [0.15, 0.2) is 24.3 Å². The van der Waals surface area contributed by atoms with Gasteiger partial charge in [0, 0.05) is 36.8 Å². The highest BCUT2D eigenvalue weighted by molar-refractivity contribution is 7.80. The highest BCUT2D eigenvalue weighted by Crippen LogP contribution is 2.22. The van der Waals surface area contributed by atoms with Gasteiger partial charge < -0.3 is 10.6 Å². The van der Waals surface area contributed by atoms with Crippen molar-refractivity contribution in [1.82, 2.24) is 9.80 Å². The minimum atomic E-state index is 0.0923. The number of benzene rings is 1. The van der Waals surface area contributed by atoms with Gasteiger partial charge in [0.05, 0.1) is 0 Å². The monoisotopic (exact) mass is 289 g/mol. The standard InChI is InChI=1S/C15H19N3OS/c16-14(20)11-3-1-4-12(9-11)15(19)18-8-7-17-6-2-5-13(17)10-18/h1,3-4,9,13H,2,5-8,10H2,(H2,16,20). The molecule has 1 amide bonds. The number of amides is 1. The van der Waals surface area contributed by atoms with Crippen LogP contribution in [0, 0.1) is 0 Å². The van der Waals surface area contributed by atoms with E-state index < -0.39 is 0 Å². The summed E-state index contributed by atoms with van der Waals surface area (Å²) in [5, 5.41) is 0. The van der Waals surface area contributed by atoms with Gasteiger partial charge in [0.15, 0.2) is 0 Å². The molecule has 106 valence electrons. The Labute approximate surface area is 124 Å². The van der Waals surface area contributed by atoms with Gasteiger partial charge in [-0.2, -0.15) is 0 Å². The van der Waals surface area contributed by atoms with Crippen molar-refractivity contribution in [3.05, 3.63) is 35.4 Å². The second-order valence-electron chi connectivity index (χ2n) is 5.53. The van der Waals surface area contributed by atoms with Crippen molar-refractivity contribution in [1.29, 1.82) is 0 Å². The molecule has 2 aliphatic rings. The maximum Gasteiger partial charge on any atom is 0.253 e. The molecule has 3 rings (SSSR count). The first-order valence-electron chi connectivity index (χ1n) is 7.08. The summed E-state index contributed by atoms with van der Waals surface area (Å²) in [6.45, 7) is 3.83. The maximum absolute atomic E-state index is 12.6. The maximum atomic E-state index is 12.6. The van der Waals surface area contributed by atoms with Gasteiger partial charge in [-0.15, -0.1) is 0 Å². The Morgan fingerprint density at radius 2 is 2.05 bits per heavy atom. The van der Waals surface area contributed by atoms with Crippen molar-refractivity contribution in [2.24, 2.45) is 5.73 Å². The number of rotatable bonds is 2. The number of nitrogens with two attached hydrogens (primary N) is 1. The van der Waals surface area contributed by atoms with E-state index in [1.165, 1.54) is 19.4 Å². The molecule has 2 fully saturated rings. The Hall–Kier alpha value is -1.46. The molecular formula is C15H19N3OS. The molecule has 2 saturated heterocycles. The number of piperazine rings is 1. The third-order valence-electron chi connectivity index (χ3n) is 4.27. The van der Waals surface area contributed by atoms with E-state index in [0.29, 0.717) is 16.6 Å². The molecule has 1 aromatic carbocycles. The van der Waals surface area contributed by atoms with Gasteiger partial charge in [-0.3, -0.25) is 9.69 Å². The van der Waals surface area contributed by atoms with Crippen LogP contribution in [-0.4, -0.2) is 52.9 Å². The highest BCUT2D eigenvalue weighted by atomic mass is 32.1. The molecule has 0 aromatic heterocycles. The average molecular weight is 289 g/mol. The summed E-state index contributed by atoms with van der Waals surface area (Å²) in [7, 11) is 0. The number of thiocarbonyl (C=S) groups is 1. The molecule has 20 heavy (non-hydrogen) atoms. The van der Waals surface area contributed by atoms with Crippen LogP contribution in [0.2, 0.25) is 0 Å². The summed E-state index contributed by atoms with van der Waals surface area (Å²) < 4.78 is 0. The lowest BCUT2D eigenvalue weighted by atomic mass is 10.1. The number of nitrogens with zero attached hydrogens (tertiary/aromatic N) is 2. The molecule has 2 N–H and O–H groups in total. The molecule has 2 heterocycles. The van der Waals surface area contributed by atoms with Gasteiger partial charge in [-0.1, -0.05) is 24.4 Å². The number of hydrogen-bond acceptors (Lipinski definition) is 3. The quantitative estimate of drug-likeness (QED) is 0.832. The molecule has 1 atom stereocenters. The Kier molecular flexibility index (Phi) is 3.72. The van der Waals surface area contributed by atoms with Crippen molar-refractivity contribution in [3.63, 3.8) is 0 Å². The van der Waals surface area contributed by atoms with Gasteiger partial charge in [0.1, 0.15) is 4.99 Å². The van der Waals surface area contributed by atoms with Crippen molar-refractivity contribution < 1.29 is 4.79 Å². The van der Waals surface area contributed by atoms with Crippen LogP contribution in [-0.2, 0) is 0 Å². The smallest absolute Gasteiger partial charge is 0.253 e. The van der Waals surface area contributed by atoms with E-state index in [1.54, 1.807) is 6.07 Å². The van der Waals surface area contributed by atoms with Gasteiger partial charge >= 0.3 is 0 Å². The van der Waals surface area contributed by atoms with Crippen LogP contribution >= 0.6 is 12.2 Å². The third kappa shape index (κ3) is 2.55. The summed E-state index contributed by atoms with van der Waals surface area (Å²) in [5.74, 6) is 0.0923. The second kappa shape index (κ2) is 5.50. The molecular weight excluding hydrogens is 270 g/mol. The summed E-state index contributed by atoms with van der Waals surface area (Å²) in [5.41, 5.74) is 7.07. The minimum Gasteiger partial charge on any atom is -0.389 e. The fourth-order valence-electron chi connectivity index (χ4n) is 3.16. The zero-order valence-corrected chi connectivity index (χ0v) is 12.2. The van der Waals surface area contributed by atoms with Gasteiger partial charge in [0.2, 0.25) is 0 Å². The Balaban J connectivity index is 1.75. The van der Waals surface area contributed by atoms with Crippen LogP contribution in [0.4, 0.5) is 0 Å². The van der Waals surface area contributed by atoms with Crippen LogP contribution < -0.4 is 5.73 Å². The van der Waals surface area contributed by atoms with Crippen LogP contribution in [0.25, 0.3) is 0 Å². The zero-order chi connectivity index (χ0) is 14.1. The van der Waals surface area contributed by atoms with Crippen molar-refractivity contribution in [2.45, 2.75) is 18.9 Å². The predicted octanol–water partition coefficient (Wildman–Crippen LogP) is 1.24. The topological polar surface area (TPSA) is 49.6 Å². The van der Waals surface area contributed by atoms with Gasteiger partial charge in [-0.05, 0) is 31.5 Å². The van der Waals surface area contributed by atoms with Crippen molar-refractivity contribution >= 4 is 23.1 Å². The Morgan fingerprint density at radius 3 is 2.85 bits per heavy atom. The van der Waals surface area contributed by atoms with Crippen LogP contribution in [0.1, 0.15) is 28.8 Å². The second-order valence-corrected chi connectivity index (χ2v) is 5.97. The van der Waals surface area contributed by atoms with Crippen molar-refractivity contribution in [3.8, 4) is 0 Å². The molecule has 0 radical (unpaired) electrons. The number of hydrogen-bond donors (Lipinski definition) is 1. The fourth-order valence-corrected chi connectivity index (χ4v) is 3.29. The Morgan fingerprint density at radius 1 is 1.25 bits per heavy atom. The first-order valence-corrected chi connectivity index (χ1v) is 7.49. The number of carbonyl (C=O) groups is 1. The van der Waals surface area contributed by atoms with E-state index in [4.69, 9.17) is 18.0 Å². The zero-order valence-electron chi connectivity index (χ0n) is 11.4. The van der Waals surface area contributed by atoms with Gasteiger partial charge in [0.25, 0.3) is 5.91 Å². The first kappa shape index (κ1) is 13.5. The van der Waals surface area contributed by atoms with Crippen LogP contribution in [0.3, 0.4) is 0 Å². The lowest BCUT2D eigenvalue weighted by Crippen LogP contribution is -2.52. The van der Waals surface area contributed by atoms with E-state index >= 15 is 0 Å². The molecule has 2 aliphatic heterocycles. The molecule has 0 spiro atoms. The normalized spacial score (nSPS) is 22.6. The molecule has 1 aromatic rings. The van der Waals surface area contributed by atoms with Gasteiger partial charge in [-0.25, -0.2) is 0 Å². The number of fused-ring (bicyclic) bond motifs is 1. The largest absolute Gasteiger partial charge is 0.389 e. The third-order valence-corrected chi connectivity index (χ3v) is 4.50. The van der Waals surface area contributed by atoms with E-state index in [9.17, 15) is 4.79 Å². The Bertz CT molecular complexity index is 546.